The summed E-state index contributed by atoms with van der Waals surface area (Å²) in [4.78, 5) is 3.85. The molecule has 0 atom stereocenters. The van der Waals surface area contributed by atoms with Gasteiger partial charge in [0.05, 0.1) is 0 Å². The molecule has 2 rings (SSSR count). The van der Waals surface area contributed by atoms with E-state index < -0.39 is 12.6 Å². The summed E-state index contributed by atoms with van der Waals surface area (Å²) < 4.78 is 37.9. The van der Waals surface area contributed by atoms with Crippen LogP contribution in [-0.4, -0.2) is 25.8 Å². The molecule has 0 radical (unpaired) electrons. The average molecular weight is 251 g/mol. The van der Waals surface area contributed by atoms with E-state index in [1.807, 2.05) is 0 Å². The van der Waals surface area contributed by atoms with Gasteiger partial charge in [0.2, 0.25) is 0 Å². The average Bonchev–Trinajstić information content (AvgIpc) is 2.44. The lowest BCUT2D eigenvalue weighted by atomic mass is 10.4. The van der Waals surface area contributed by atoms with Crippen LogP contribution in [0.5, 0.6) is 0 Å². The van der Waals surface area contributed by atoms with E-state index in [-0.39, 0.29) is 16.6 Å². The molecule has 0 N–H and O–H groups in total. The molecule has 0 aliphatic heterocycles. The van der Waals surface area contributed by atoms with Crippen LogP contribution in [0.15, 0.2) is 6.07 Å². The number of nitrogens with zero attached hydrogens (tertiary/aromatic N) is 4. The second kappa shape index (κ2) is 3.58. The molecule has 0 aliphatic carbocycles. The predicted octanol–water partition coefficient (Wildman–Crippen LogP) is 2.19. The lowest BCUT2D eigenvalue weighted by Gasteiger charge is -2.06. The minimum atomic E-state index is -4.32. The van der Waals surface area contributed by atoms with E-state index in [0.717, 1.165) is 0 Å². The van der Waals surface area contributed by atoms with Gasteiger partial charge in [-0.1, -0.05) is 11.6 Å². The Labute approximate surface area is 93.1 Å². The third-order valence-electron chi connectivity index (χ3n) is 1.95. The van der Waals surface area contributed by atoms with Crippen LogP contribution in [0.1, 0.15) is 11.6 Å². The first kappa shape index (κ1) is 11.1. The Bertz CT molecular complexity index is 534. The standard InChI is InChI=1S/C8H6ClF3N4/c1-4-13-5(9)2-6-14-15-7(16(4)6)3-8(10,11)12/h2H,3H2,1H3. The molecule has 8 heteroatoms. The van der Waals surface area contributed by atoms with Crippen molar-refractivity contribution in [2.24, 2.45) is 0 Å². The zero-order valence-corrected chi connectivity index (χ0v) is 8.84. The summed E-state index contributed by atoms with van der Waals surface area (Å²) in [6.45, 7) is 1.54. The van der Waals surface area contributed by atoms with Gasteiger partial charge in [0.1, 0.15) is 23.2 Å². The van der Waals surface area contributed by atoms with Crippen molar-refractivity contribution in [3.8, 4) is 0 Å². The van der Waals surface area contributed by atoms with Crippen LogP contribution >= 0.6 is 11.6 Å². The third-order valence-corrected chi connectivity index (χ3v) is 2.15. The van der Waals surface area contributed by atoms with Crippen LogP contribution < -0.4 is 0 Å². The highest BCUT2D eigenvalue weighted by Gasteiger charge is 2.30. The van der Waals surface area contributed by atoms with Crippen molar-refractivity contribution in [2.45, 2.75) is 19.5 Å². The zero-order valence-electron chi connectivity index (χ0n) is 8.09. The highest BCUT2D eigenvalue weighted by molar-refractivity contribution is 6.29. The molecule has 2 aromatic heterocycles. The van der Waals surface area contributed by atoms with Gasteiger partial charge in [-0.3, -0.25) is 4.40 Å². The molecule has 0 amide bonds. The largest absolute Gasteiger partial charge is 0.396 e. The molecule has 4 nitrogen and oxygen atoms in total. The summed E-state index contributed by atoms with van der Waals surface area (Å²) >= 11 is 5.65. The fourth-order valence-corrected chi connectivity index (χ4v) is 1.63. The zero-order chi connectivity index (χ0) is 11.9. The van der Waals surface area contributed by atoms with E-state index in [4.69, 9.17) is 11.6 Å². The first-order chi connectivity index (χ1) is 7.37. The Morgan fingerprint density at radius 3 is 2.69 bits per heavy atom. The smallest absolute Gasteiger partial charge is 0.266 e. The highest BCUT2D eigenvalue weighted by atomic mass is 35.5. The van der Waals surface area contributed by atoms with Crippen LogP contribution in [0, 0.1) is 6.92 Å². The van der Waals surface area contributed by atoms with E-state index in [9.17, 15) is 13.2 Å². The van der Waals surface area contributed by atoms with E-state index in [0.29, 0.717) is 5.82 Å². The lowest BCUT2D eigenvalue weighted by Crippen LogP contribution is -2.15. The molecule has 0 spiro atoms. The van der Waals surface area contributed by atoms with Crippen molar-refractivity contribution in [1.29, 1.82) is 0 Å². The number of hydrogen-bond donors (Lipinski definition) is 0. The van der Waals surface area contributed by atoms with Gasteiger partial charge in [-0.15, -0.1) is 10.2 Å². The third kappa shape index (κ3) is 2.08. The summed E-state index contributed by atoms with van der Waals surface area (Å²) in [5.74, 6) is 0.135. The van der Waals surface area contributed by atoms with Crippen LogP contribution in [0.4, 0.5) is 13.2 Å². The molecule has 0 aliphatic rings. The monoisotopic (exact) mass is 250 g/mol. The summed E-state index contributed by atoms with van der Waals surface area (Å²) in [6.07, 6.45) is -5.46. The lowest BCUT2D eigenvalue weighted by molar-refractivity contribution is -0.128. The second-order valence-electron chi connectivity index (χ2n) is 3.23. The molecule has 0 bridgehead atoms. The Hall–Kier alpha value is -1.37. The fourth-order valence-electron chi connectivity index (χ4n) is 1.41. The molecule has 0 saturated heterocycles. The van der Waals surface area contributed by atoms with Crippen molar-refractivity contribution >= 4 is 17.2 Å². The molecular formula is C8H6ClF3N4. The highest BCUT2D eigenvalue weighted by Crippen LogP contribution is 2.21. The van der Waals surface area contributed by atoms with Gasteiger partial charge in [0.25, 0.3) is 0 Å². The summed E-state index contributed by atoms with van der Waals surface area (Å²) in [6, 6.07) is 1.36. The maximum Gasteiger partial charge on any atom is 0.396 e. The van der Waals surface area contributed by atoms with Crippen molar-refractivity contribution in [1.82, 2.24) is 19.6 Å². The molecule has 16 heavy (non-hydrogen) atoms. The van der Waals surface area contributed by atoms with Crippen LogP contribution in [0.2, 0.25) is 5.15 Å². The summed E-state index contributed by atoms with van der Waals surface area (Å²) in [5, 5.41) is 7.27. The van der Waals surface area contributed by atoms with Crippen LogP contribution in [0.25, 0.3) is 5.65 Å². The van der Waals surface area contributed by atoms with Crippen molar-refractivity contribution < 1.29 is 13.2 Å². The van der Waals surface area contributed by atoms with Gasteiger partial charge in [-0.05, 0) is 6.92 Å². The molecular weight excluding hydrogens is 245 g/mol. The van der Waals surface area contributed by atoms with Gasteiger partial charge in [0.15, 0.2) is 5.65 Å². The van der Waals surface area contributed by atoms with Crippen molar-refractivity contribution in [3.63, 3.8) is 0 Å². The maximum absolute atomic E-state index is 12.2. The van der Waals surface area contributed by atoms with Gasteiger partial charge in [-0.2, -0.15) is 13.2 Å². The Balaban J connectivity index is 2.56. The molecule has 2 aromatic rings. The van der Waals surface area contributed by atoms with Gasteiger partial charge in [-0.25, -0.2) is 4.98 Å². The maximum atomic E-state index is 12.2. The quantitative estimate of drug-likeness (QED) is 0.729. The molecule has 0 unspecified atom stereocenters. The first-order valence-corrected chi connectivity index (χ1v) is 4.68. The van der Waals surface area contributed by atoms with E-state index >= 15 is 0 Å². The Morgan fingerprint density at radius 2 is 2.06 bits per heavy atom. The number of aromatic nitrogens is 4. The van der Waals surface area contributed by atoms with E-state index in [1.54, 1.807) is 6.92 Å². The van der Waals surface area contributed by atoms with Crippen LogP contribution in [0.3, 0.4) is 0 Å². The van der Waals surface area contributed by atoms with Crippen molar-refractivity contribution in [3.05, 3.63) is 22.9 Å². The van der Waals surface area contributed by atoms with Gasteiger partial charge in [0, 0.05) is 6.07 Å². The number of rotatable bonds is 1. The number of alkyl halides is 3. The number of fused-ring (bicyclic) bond motifs is 1. The molecule has 86 valence electrons. The normalized spacial score (nSPS) is 12.3. The van der Waals surface area contributed by atoms with E-state index in [2.05, 4.69) is 15.2 Å². The fraction of sp³-hybridized carbons (Fsp3) is 0.375. The Kier molecular flexibility index (Phi) is 2.49. The minimum Gasteiger partial charge on any atom is -0.266 e. The number of hydrogen-bond acceptors (Lipinski definition) is 3. The summed E-state index contributed by atoms with van der Waals surface area (Å²) in [5.41, 5.74) is 0.261. The number of aryl methyl sites for hydroxylation is 1. The Morgan fingerprint density at radius 1 is 1.38 bits per heavy atom. The molecule has 0 fully saturated rings. The molecule has 0 aromatic carbocycles. The number of halogens is 4. The molecule has 2 heterocycles. The summed E-state index contributed by atoms with van der Waals surface area (Å²) in [7, 11) is 0. The SMILES string of the molecule is Cc1nc(Cl)cc2nnc(CC(F)(F)F)n12. The van der Waals surface area contributed by atoms with Crippen LogP contribution in [-0.2, 0) is 6.42 Å². The minimum absolute atomic E-state index is 0.177. The molecule has 0 saturated carbocycles. The first-order valence-electron chi connectivity index (χ1n) is 4.31. The van der Waals surface area contributed by atoms with Gasteiger partial charge >= 0.3 is 6.18 Å². The second-order valence-corrected chi connectivity index (χ2v) is 3.62. The van der Waals surface area contributed by atoms with E-state index in [1.165, 1.54) is 10.5 Å². The predicted molar refractivity (Wildman–Crippen MR) is 50.3 cm³/mol. The van der Waals surface area contributed by atoms with Gasteiger partial charge < -0.3 is 0 Å². The van der Waals surface area contributed by atoms with Crippen molar-refractivity contribution in [2.75, 3.05) is 0 Å². The topological polar surface area (TPSA) is 43.1 Å².